The van der Waals surface area contributed by atoms with Gasteiger partial charge in [-0.2, -0.15) is 13.1 Å². The van der Waals surface area contributed by atoms with Crippen LogP contribution in [0.1, 0.15) is 42.1 Å². The third-order valence-electron chi connectivity index (χ3n) is 7.01. The number of aliphatic hydroxyl groups is 3. The molecule has 4 rings (SSSR count). The lowest BCUT2D eigenvalue weighted by molar-refractivity contribution is -0.222. The molecule has 0 radical (unpaired) electrons. The molecule has 1 aliphatic carbocycles. The Hall–Kier alpha value is -2.49. The number of carbonyl (C=O) groups is 1. The summed E-state index contributed by atoms with van der Waals surface area (Å²) in [7, 11) is -3.77. The Labute approximate surface area is 238 Å². The Bertz CT molecular complexity index is 1260. The molecule has 1 saturated carbocycles. The van der Waals surface area contributed by atoms with E-state index >= 15 is 0 Å². The van der Waals surface area contributed by atoms with Crippen LogP contribution in [0.2, 0.25) is 5.02 Å². The van der Waals surface area contributed by atoms with Crippen LogP contribution >= 0.6 is 11.6 Å². The lowest BCUT2D eigenvalue weighted by Gasteiger charge is -2.41. The summed E-state index contributed by atoms with van der Waals surface area (Å²) in [5.74, 6) is 0.548. The Morgan fingerprint density at radius 1 is 1.07 bits per heavy atom. The quantitative estimate of drug-likeness (QED) is 0.181. The molecule has 0 bridgehead atoms. The molecule has 220 valence electrons. The molecule has 2 amide bonds. The zero-order valence-electron chi connectivity index (χ0n) is 21.7. The second-order valence-corrected chi connectivity index (χ2v) is 11.8. The number of hydrogen-bond donors (Lipinski definition) is 7. The van der Waals surface area contributed by atoms with Crippen LogP contribution in [0.5, 0.6) is 5.75 Å². The van der Waals surface area contributed by atoms with Gasteiger partial charge in [-0.1, -0.05) is 35.9 Å². The Balaban J connectivity index is 1.38. The van der Waals surface area contributed by atoms with Crippen molar-refractivity contribution in [3.05, 3.63) is 64.2 Å². The van der Waals surface area contributed by atoms with E-state index < -0.39 is 40.7 Å². The topological polar surface area (TPSA) is 192 Å². The van der Waals surface area contributed by atoms with E-state index in [1.807, 2.05) is 12.1 Å². The number of amides is 2. The molecule has 1 aliphatic heterocycles. The highest BCUT2D eigenvalue weighted by Gasteiger charge is 2.44. The number of carbonyl (C=O) groups excluding carboxylic acids is 1. The summed E-state index contributed by atoms with van der Waals surface area (Å²) in [6, 6.07) is 12.1. The first kappa shape index (κ1) is 30.5. The maximum Gasteiger partial charge on any atom is 0.315 e. The molecule has 40 heavy (non-hydrogen) atoms. The monoisotopic (exact) mass is 598 g/mol. The summed E-state index contributed by atoms with van der Waals surface area (Å²) < 4.78 is 35.4. The molecular weight excluding hydrogens is 564 g/mol. The molecule has 8 N–H and O–H groups in total. The Morgan fingerprint density at radius 3 is 2.45 bits per heavy atom. The SMILES string of the molecule is NS(=O)(=O)NCCOc1ccc(Cc2cc([C@@H]3O[C@H](CNC(=O)NC4CCC4)[C@@H](O)[C@H](O)[C@H]3O)ccc2Cl)cc1. The molecule has 1 heterocycles. The van der Waals surface area contributed by atoms with Crippen molar-refractivity contribution in [2.45, 2.75) is 62.2 Å². The Kier molecular flexibility index (Phi) is 10.2. The molecule has 14 heteroatoms. The normalized spacial score (nSPS) is 25.2. The zero-order valence-corrected chi connectivity index (χ0v) is 23.3. The number of hydrogen-bond acceptors (Lipinski definition) is 8. The molecular formula is C26H35ClN4O8S. The van der Waals surface area contributed by atoms with Crippen LogP contribution in [0.25, 0.3) is 0 Å². The molecule has 5 atom stereocenters. The molecule has 2 fully saturated rings. The van der Waals surface area contributed by atoms with Crippen molar-refractivity contribution < 1.29 is 38.0 Å². The molecule has 1 saturated heterocycles. The van der Waals surface area contributed by atoms with Crippen molar-refractivity contribution in [1.29, 1.82) is 0 Å². The van der Waals surface area contributed by atoms with Gasteiger partial charge in [-0.05, 0) is 60.6 Å². The summed E-state index contributed by atoms with van der Waals surface area (Å²) in [5, 5.41) is 42.6. The first-order valence-electron chi connectivity index (χ1n) is 13.0. The predicted octanol–water partition coefficient (Wildman–Crippen LogP) is 0.477. The van der Waals surface area contributed by atoms with Gasteiger partial charge in [0.1, 0.15) is 42.9 Å². The minimum Gasteiger partial charge on any atom is -0.492 e. The minimum atomic E-state index is -3.77. The van der Waals surface area contributed by atoms with E-state index in [2.05, 4.69) is 15.4 Å². The summed E-state index contributed by atoms with van der Waals surface area (Å²) in [5.41, 5.74) is 2.22. The van der Waals surface area contributed by atoms with E-state index in [-0.39, 0.29) is 31.8 Å². The van der Waals surface area contributed by atoms with Gasteiger partial charge in [-0.25, -0.2) is 9.93 Å². The third-order valence-corrected chi connectivity index (χ3v) is 7.98. The number of nitrogens with one attached hydrogen (secondary N) is 3. The zero-order chi connectivity index (χ0) is 28.9. The van der Waals surface area contributed by atoms with Crippen molar-refractivity contribution in [2.75, 3.05) is 19.7 Å². The lowest BCUT2D eigenvalue weighted by atomic mass is 9.90. The summed E-state index contributed by atoms with van der Waals surface area (Å²) in [4.78, 5) is 12.1. The van der Waals surface area contributed by atoms with E-state index in [1.54, 1.807) is 30.3 Å². The summed E-state index contributed by atoms with van der Waals surface area (Å²) >= 11 is 6.46. The van der Waals surface area contributed by atoms with Crippen molar-refractivity contribution in [3.63, 3.8) is 0 Å². The predicted molar refractivity (Wildman–Crippen MR) is 147 cm³/mol. The van der Waals surface area contributed by atoms with Gasteiger partial charge in [0.25, 0.3) is 10.2 Å². The first-order chi connectivity index (χ1) is 19.0. The standard InChI is InChI=1S/C26H35ClN4O8S/c27-20-9-6-16(13-17(20)12-15-4-7-19(8-5-15)38-11-10-30-40(28,36)37)25-24(34)23(33)22(32)21(39-25)14-29-26(35)31-18-2-1-3-18/h4-9,13,18,21-25,30,32-34H,1-3,10-12,14H2,(H2,28,36,37)(H2,29,31,35)/t21-,22-,23+,24-,25+/m1/s1. The number of rotatable bonds is 11. The van der Waals surface area contributed by atoms with E-state index in [4.69, 9.17) is 26.2 Å². The maximum atomic E-state index is 12.1. The first-order valence-corrected chi connectivity index (χ1v) is 14.9. The van der Waals surface area contributed by atoms with Crippen LogP contribution in [-0.4, -0.2) is 79.9 Å². The highest BCUT2D eigenvalue weighted by molar-refractivity contribution is 7.87. The van der Waals surface area contributed by atoms with E-state index in [0.717, 1.165) is 30.4 Å². The average Bonchev–Trinajstić information content (AvgIpc) is 2.89. The fourth-order valence-electron chi connectivity index (χ4n) is 4.56. The highest BCUT2D eigenvalue weighted by atomic mass is 35.5. The number of urea groups is 1. The fourth-order valence-corrected chi connectivity index (χ4v) is 5.11. The van der Waals surface area contributed by atoms with Gasteiger partial charge in [0.2, 0.25) is 0 Å². The largest absolute Gasteiger partial charge is 0.492 e. The number of benzene rings is 2. The lowest BCUT2D eigenvalue weighted by Crippen LogP contribution is -2.58. The second kappa shape index (κ2) is 13.4. The van der Waals surface area contributed by atoms with Crippen LogP contribution in [0, 0.1) is 0 Å². The van der Waals surface area contributed by atoms with E-state index in [0.29, 0.717) is 22.8 Å². The van der Waals surface area contributed by atoms with Crippen molar-refractivity contribution in [1.82, 2.24) is 15.4 Å². The third kappa shape index (κ3) is 8.27. The number of aliphatic hydroxyl groups excluding tert-OH is 3. The van der Waals surface area contributed by atoms with Gasteiger partial charge >= 0.3 is 6.03 Å². The van der Waals surface area contributed by atoms with Crippen LogP contribution < -0.4 is 25.2 Å². The average molecular weight is 599 g/mol. The van der Waals surface area contributed by atoms with Crippen molar-refractivity contribution >= 4 is 27.8 Å². The highest BCUT2D eigenvalue weighted by Crippen LogP contribution is 2.34. The number of ether oxygens (including phenoxy) is 2. The molecule has 0 aromatic heterocycles. The van der Waals surface area contributed by atoms with Crippen LogP contribution in [0.3, 0.4) is 0 Å². The van der Waals surface area contributed by atoms with Gasteiger partial charge in [0, 0.05) is 24.2 Å². The maximum absolute atomic E-state index is 12.1. The summed E-state index contributed by atoms with van der Waals surface area (Å²) in [6.45, 7) is 0.0942. The van der Waals surface area contributed by atoms with Gasteiger partial charge in [-0.3, -0.25) is 0 Å². The van der Waals surface area contributed by atoms with Gasteiger partial charge in [-0.15, -0.1) is 0 Å². The smallest absolute Gasteiger partial charge is 0.315 e. The van der Waals surface area contributed by atoms with Gasteiger partial charge < -0.3 is 35.4 Å². The molecule has 12 nitrogen and oxygen atoms in total. The van der Waals surface area contributed by atoms with Crippen LogP contribution in [0.15, 0.2) is 42.5 Å². The number of halogens is 1. The van der Waals surface area contributed by atoms with E-state index in [1.165, 1.54) is 0 Å². The van der Waals surface area contributed by atoms with Crippen molar-refractivity contribution in [3.8, 4) is 5.75 Å². The molecule has 2 aromatic rings. The number of nitrogens with two attached hydrogens (primary N) is 1. The van der Waals surface area contributed by atoms with E-state index in [9.17, 15) is 28.5 Å². The van der Waals surface area contributed by atoms with Crippen molar-refractivity contribution in [2.24, 2.45) is 5.14 Å². The molecule has 2 aliphatic rings. The molecule has 0 unspecified atom stereocenters. The van der Waals surface area contributed by atoms with Gasteiger partial charge in [0.15, 0.2) is 0 Å². The fraction of sp³-hybridized carbons (Fsp3) is 0.500. The summed E-state index contributed by atoms with van der Waals surface area (Å²) in [6.07, 6.45) is -2.79. The molecule has 2 aromatic carbocycles. The minimum absolute atomic E-state index is 0.0361. The van der Waals surface area contributed by atoms with Crippen LogP contribution in [-0.2, 0) is 21.4 Å². The van der Waals surface area contributed by atoms with Gasteiger partial charge in [0.05, 0.1) is 0 Å². The van der Waals surface area contributed by atoms with Crippen LogP contribution in [0.4, 0.5) is 4.79 Å². The molecule has 0 spiro atoms. The Morgan fingerprint density at radius 2 is 1.80 bits per heavy atom. The second-order valence-electron chi connectivity index (χ2n) is 10.0.